The van der Waals surface area contributed by atoms with Crippen LogP contribution in [-0.2, 0) is 4.79 Å². The number of rotatable bonds is 8. The lowest BCUT2D eigenvalue weighted by Gasteiger charge is -2.34. The van der Waals surface area contributed by atoms with Crippen molar-refractivity contribution in [2.24, 2.45) is 0 Å². The fourth-order valence-electron chi connectivity index (χ4n) is 3.47. The highest BCUT2D eigenvalue weighted by molar-refractivity contribution is 7.22. The summed E-state index contributed by atoms with van der Waals surface area (Å²) in [5.41, 5.74) is 0.978. The average molecular weight is 442 g/mol. The van der Waals surface area contributed by atoms with Gasteiger partial charge in [-0.1, -0.05) is 11.3 Å². The molecule has 7 nitrogen and oxygen atoms in total. The molecule has 8 heteroatoms. The molecule has 0 N–H and O–H groups in total. The number of ether oxygens (including phenoxy) is 3. The highest BCUT2D eigenvalue weighted by atomic mass is 32.1. The number of fused-ring (bicyclic) bond motifs is 1. The van der Waals surface area contributed by atoms with Gasteiger partial charge in [-0.3, -0.25) is 4.79 Å². The lowest BCUT2D eigenvalue weighted by atomic mass is 10.3. The number of carbonyl (C=O) groups is 1. The first-order valence-electron chi connectivity index (χ1n) is 10.6. The third kappa shape index (κ3) is 5.19. The van der Waals surface area contributed by atoms with Gasteiger partial charge in [0.05, 0.1) is 23.4 Å². The second-order valence-electron chi connectivity index (χ2n) is 7.12. The summed E-state index contributed by atoms with van der Waals surface area (Å²) < 4.78 is 17.8. The van der Waals surface area contributed by atoms with E-state index in [-0.39, 0.29) is 12.5 Å². The van der Waals surface area contributed by atoms with E-state index < -0.39 is 0 Å². The molecule has 4 rings (SSSR count). The van der Waals surface area contributed by atoms with Crippen LogP contribution in [0.3, 0.4) is 0 Å². The number of hydrogen-bond donors (Lipinski definition) is 0. The van der Waals surface area contributed by atoms with E-state index in [1.807, 2.05) is 61.2 Å². The van der Waals surface area contributed by atoms with Crippen molar-refractivity contribution in [3.63, 3.8) is 0 Å². The van der Waals surface area contributed by atoms with Crippen LogP contribution in [0.15, 0.2) is 42.5 Å². The summed E-state index contributed by atoms with van der Waals surface area (Å²) in [5, 5.41) is 0.987. The Labute approximate surface area is 186 Å². The van der Waals surface area contributed by atoms with Crippen LogP contribution in [0.25, 0.3) is 10.2 Å². The van der Waals surface area contributed by atoms with Gasteiger partial charge >= 0.3 is 0 Å². The SMILES string of the molecule is CCOc1ccc(OCC(=O)N2CCN(c3nc4ccc(OCC)cc4s3)CC2)cc1. The second kappa shape index (κ2) is 9.87. The van der Waals surface area contributed by atoms with Gasteiger partial charge in [-0.2, -0.15) is 0 Å². The van der Waals surface area contributed by atoms with Crippen LogP contribution < -0.4 is 19.1 Å². The Morgan fingerprint density at radius 3 is 2.19 bits per heavy atom. The maximum Gasteiger partial charge on any atom is 0.260 e. The first-order valence-corrected chi connectivity index (χ1v) is 11.4. The van der Waals surface area contributed by atoms with Crippen molar-refractivity contribution in [3.8, 4) is 17.2 Å². The van der Waals surface area contributed by atoms with Gasteiger partial charge in [0.25, 0.3) is 5.91 Å². The quantitative estimate of drug-likeness (QED) is 0.530. The van der Waals surface area contributed by atoms with Crippen molar-refractivity contribution in [1.29, 1.82) is 0 Å². The summed E-state index contributed by atoms with van der Waals surface area (Å²) in [7, 11) is 0. The zero-order chi connectivity index (χ0) is 21.6. The van der Waals surface area contributed by atoms with Crippen LogP contribution in [0.4, 0.5) is 5.13 Å². The highest BCUT2D eigenvalue weighted by Crippen LogP contribution is 2.32. The summed E-state index contributed by atoms with van der Waals surface area (Å²) in [5.74, 6) is 2.32. The van der Waals surface area contributed by atoms with Crippen LogP contribution in [0.1, 0.15) is 13.8 Å². The van der Waals surface area contributed by atoms with Crippen LogP contribution in [0.2, 0.25) is 0 Å². The highest BCUT2D eigenvalue weighted by Gasteiger charge is 2.23. The minimum absolute atomic E-state index is 0.000749. The fourth-order valence-corrected chi connectivity index (χ4v) is 4.51. The van der Waals surface area contributed by atoms with E-state index >= 15 is 0 Å². The molecule has 164 valence electrons. The van der Waals surface area contributed by atoms with Crippen LogP contribution in [-0.4, -0.2) is 61.8 Å². The molecule has 1 aliphatic rings. The average Bonchev–Trinajstić information content (AvgIpc) is 3.22. The van der Waals surface area contributed by atoms with Crippen LogP contribution in [0, 0.1) is 0 Å². The number of amides is 1. The van der Waals surface area contributed by atoms with Gasteiger partial charge in [-0.15, -0.1) is 0 Å². The molecular formula is C23H27N3O4S. The molecule has 0 atom stereocenters. The maximum absolute atomic E-state index is 12.6. The molecule has 3 aromatic rings. The predicted octanol–water partition coefficient (Wildman–Crippen LogP) is 3.82. The van der Waals surface area contributed by atoms with Crippen molar-refractivity contribution in [2.75, 3.05) is 50.9 Å². The molecule has 1 saturated heterocycles. The molecular weight excluding hydrogens is 414 g/mol. The summed E-state index contributed by atoms with van der Waals surface area (Å²) in [6.45, 7) is 8.06. The molecule has 0 spiro atoms. The van der Waals surface area contributed by atoms with Gasteiger partial charge in [0.15, 0.2) is 11.7 Å². The zero-order valence-corrected chi connectivity index (χ0v) is 18.7. The number of piperazine rings is 1. The molecule has 0 radical (unpaired) electrons. The number of carbonyl (C=O) groups excluding carboxylic acids is 1. The molecule has 0 saturated carbocycles. The number of thiazole rings is 1. The monoisotopic (exact) mass is 441 g/mol. The molecule has 0 unspecified atom stereocenters. The largest absolute Gasteiger partial charge is 0.494 e. The normalized spacial score (nSPS) is 14.0. The molecule has 1 fully saturated rings. The molecule has 2 aromatic carbocycles. The van der Waals surface area contributed by atoms with E-state index in [4.69, 9.17) is 19.2 Å². The minimum atomic E-state index is -0.000749. The fraction of sp³-hybridized carbons (Fsp3) is 0.391. The van der Waals surface area contributed by atoms with E-state index in [0.29, 0.717) is 32.1 Å². The van der Waals surface area contributed by atoms with E-state index in [2.05, 4.69) is 4.90 Å². The summed E-state index contributed by atoms with van der Waals surface area (Å²) in [4.78, 5) is 21.4. The number of benzene rings is 2. The summed E-state index contributed by atoms with van der Waals surface area (Å²) in [6.07, 6.45) is 0. The minimum Gasteiger partial charge on any atom is -0.494 e. The Hall–Kier alpha value is -3.00. The van der Waals surface area contributed by atoms with Crippen molar-refractivity contribution in [1.82, 2.24) is 9.88 Å². The Morgan fingerprint density at radius 2 is 1.52 bits per heavy atom. The second-order valence-corrected chi connectivity index (χ2v) is 8.13. The molecule has 1 aliphatic heterocycles. The third-order valence-electron chi connectivity index (χ3n) is 5.06. The Morgan fingerprint density at radius 1 is 0.903 bits per heavy atom. The third-order valence-corrected chi connectivity index (χ3v) is 6.14. The zero-order valence-electron chi connectivity index (χ0n) is 17.9. The van der Waals surface area contributed by atoms with Crippen molar-refractivity contribution in [3.05, 3.63) is 42.5 Å². The van der Waals surface area contributed by atoms with E-state index in [1.165, 1.54) is 0 Å². The maximum atomic E-state index is 12.6. The first-order chi connectivity index (χ1) is 15.2. The van der Waals surface area contributed by atoms with Gasteiger partial charge < -0.3 is 24.0 Å². The van der Waals surface area contributed by atoms with Gasteiger partial charge in [0, 0.05) is 26.2 Å². The Balaban J connectivity index is 1.28. The first kappa shape index (κ1) is 21.2. The van der Waals surface area contributed by atoms with Gasteiger partial charge in [-0.05, 0) is 56.3 Å². The smallest absolute Gasteiger partial charge is 0.260 e. The van der Waals surface area contributed by atoms with Crippen molar-refractivity contribution < 1.29 is 19.0 Å². The number of hydrogen-bond acceptors (Lipinski definition) is 7. The molecule has 1 aromatic heterocycles. The molecule has 0 bridgehead atoms. The Kier molecular flexibility index (Phi) is 6.76. The number of nitrogens with zero attached hydrogens (tertiary/aromatic N) is 3. The van der Waals surface area contributed by atoms with E-state index in [0.717, 1.165) is 39.9 Å². The lowest BCUT2D eigenvalue weighted by Crippen LogP contribution is -2.50. The van der Waals surface area contributed by atoms with E-state index in [9.17, 15) is 4.79 Å². The molecule has 1 amide bonds. The van der Waals surface area contributed by atoms with Crippen LogP contribution in [0.5, 0.6) is 17.2 Å². The number of aromatic nitrogens is 1. The Bertz CT molecular complexity index is 1010. The van der Waals surface area contributed by atoms with E-state index in [1.54, 1.807) is 11.3 Å². The van der Waals surface area contributed by atoms with Crippen LogP contribution >= 0.6 is 11.3 Å². The summed E-state index contributed by atoms with van der Waals surface area (Å²) >= 11 is 1.66. The lowest BCUT2D eigenvalue weighted by molar-refractivity contribution is -0.133. The molecule has 2 heterocycles. The van der Waals surface area contributed by atoms with Gasteiger partial charge in [0.2, 0.25) is 0 Å². The topological polar surface area (TPSA) is 64.1 Å². The van der Waals surface area contributed by atoms with Gasteiger partial charge in [0.1, 0.15) is 17.2 Å². The number of anilines is 1. The molecule has 0 aliphatic carbocycles. The molecule has 31 heavy (non-hydrogen) atoms. The standard InChI is InChI=1S/C23H27N3O4S/c1-3-28-17-5-7-18(8-6-17)30-16-22(27)25-11-13-26(14-12-25)23-24-20-10-9-19(29-4-2)15-21(20)31-23/h5-10,15H,3-4,11-14,16H2,1-2H3. The van der Waals surface area contributed by atoms with Crippen molar-refractivity contribution in [2.45, 2.75) is 13.8 Å². The van der Waals surface area contributed by atoms with Gasteiger partial charge in [-0.25, -0.2) is 4.98 Å². The summed E-state index contributed by atoms with van der Waals surface area (Å²) in [6, 6.07) is 13.3. The predicted molar refractivity (Wildman–Crippen MR) is 123 cm³/mol. The van der Waals surface area contributed by atoms with Crippen molar-refractivity contribution >= 4 is 32.6 Å².